The van der Waals surface area contributed by atoms with Crippen molar-refractivity contribution in [3.63, 3.8) is 0 Å². The first-order valence-corrected chi connectivity index (χ1v) is 7.32. The third kappa shape index (κ3) is 5.10. The third-order valence-electron chi connectivity index (χ3n) is 3.17. The maximum atomic E-state index is 9.19. The smallest absolute Gasteiger partial charge is 0.131 e. The molecule has 1 heterocycles. The fraction of sp³-hybridized carbons (Fsp3) is 0.688. The van der Waals surface area contributed by atoms with Gasteiger partial charge in [-0.15, -0.1) is 0 Å². The van der Waals surface area contributed by atoms with Crippen LogP contribution in [0.5, 0.6) is 0 Å². The first kappa shape index (κ1) is 16.9. The second kappa shape index (κ2) is 7.04. The van der Waals surface area contributed by atoms with Crippen LogP contribution >= 0.6 is 0 Å². The molecule has 0 radical (unpaired) electrons. The molecule has 0 aliphatic rings. The van der Waals surface area contributed by atoms with Gasteiger partial charge in [0.1, 0.15) is 5.82 Å². The van der Waals surface area contributed by atoms with Crippen molar-refractivity contribution >= 4 is 5.82 Å². The Labute approximate surface area is 123 Å². The van der Waals surface area contributed by atoms with Gasteiger partial charge in [0, 0.05) is 30.9 Å². The Hall–Kier alpha value is -1.13. The zero-order valence-corrected chi connectivity index (χ0v) is 13.7. The second-order valence-electron chi connectivity index (χ2n) is 6.60. The molecule has 1 aromatic heterocycles. The molecule has 0 fully saturated rings. The predicted molar refractivity (Wildman–Crippen MR) is 85.1 cm³/mol. The highest BCUT2D eigenvalue weighted by Crippen LogP contribution is 2.20. The molecule has 0 amide bonds. The van der Waals surface area contributed by atoms with Crippen LogP contribution < -0.4 is 10.2 Å². The number of hydrogen-bond donors (Lipinski definition) is 2. The highest BCUT2D eigenvalue weighted by atomic mass is 16.3. The van der Waals surface area contributed by atoms with E-state index < -0.39 is 0 Å². The van der Waals surface area contributed by atoms with Crippen molar-refractivity contribution < 1.29 is 5.11 Å². The van der Waals surface area contributed by atoms with Gasteiger partial charge in [-0.25, -0.2) is 4.98 Å². The van der Waals surface area contributed by atoms with E-state index in [2.05, 4.69) is 62.8 Å². The lowest BCUT2D eigenvalue weighted by atomic mass is 10.1. The van der Waals surface area contributed by atoms with Crippen molar-refractivity contribution in [3.8, 4) is 0 Å². The minimum atomic E-state index is 0.105. The van der Waals surface area contributed by atoms with Crippen LogP contribution in [0.4, 0.5) is 5.82 Å². The fourth-order valence-corrected chi connectivity index (χ4v) is 2.11. The molecule has 0 aliphatic heterocycles. The van der Waals surface area contributed by atoms with Crippen LogP contribution in [-0.2, 0) is 6.54 Å². The lowest BCUT2D eigenvalue weighted by Crippen LogP contribution is -2.36. The van der Waals surface area contributed by atoms with E-state index in [0.29, 0.717) is 12.6 Å². The van der Waals surface area contributed by atoms with E-state index in [0.717, 1.165) is 17.9 Å². The molecule has 4 nitrogen and oxygen atoms in total. The normalized spacial score (nSPS) is 12.0. The molecule has 0 atom stereocenters. The van der Waals surface area contributed by atoms with Gasteiger partial charge in [0.15, 0.2) is 0 Å². The Morgan fingerprint density at radius 2 is 2.00 bits per heavy atom. The molecular weight excluding hydrogens is 250 g/mol. The van der Waals surface area contributed by atoms with Crippen molar-refractivity contribution in [2.45, 2.75) is 59.7 Å². The van der Waals surface area contributed by atoms with Crippen LogP contribution in [0.3, 0.4) is 0 Å². The summed E-state index contributed by atoms with van der Waals surface area (Å²) in [5.74, 6) is 0.966. The summed E-state index contributed by atoms with van der Waals surface area (Å²) < 4.78 is 0. The van der Waals surface area contributed by atoms with Gasteiger partial charge in [0.05, 0.1) is 6.61 Å². The molecule has 4 heteroatoms. The molecule has 114 valence electrons. The van der Waals surface area contributed by atoms with Gasteiger partial charge < -0.3 is 15.3 Å². The summed E-state index contributed by atoms with van der Waals surface area (Å²) >= 11 is 0. The molecule has 0 saturated heterocycles. The maximum Gasteiger partial charge on any atom is 0.131 e. The van der Waals surface area contributed by atoms with Crippen LogP contribution in [-0.4, -0.2) is 34.8 Å². The van der Waals surface area contributed by atoms with Crippen LogP contribution in [0, 0.1) is 6.92 Å². The Morgan fingerprint density at radius 1 is 1.35 bits per heavy atom. The number of hydrogen-bond acceptors (Lipinski definition) is 4. The van der Waals surface area contributed by atoms with E-state index in [1.54, 1.807) is 0 Å². The van der Waals surface area contributed by atoms with Crippen LogP contribution in [0.15, 0.2) is 12.3 Å². The van der Waals surface area contributed by atoms with E-state index in [4.69, 9.17) is 0 Å². The monoisotopic (exact) mass is 279 g/mol. The summed E-state index contributed by atoms with van der Waals surface area (Å²) in [6.07, 6.45) is 1.92. The van der Waals surface area contributed by atoms with Crippen molar-refractivity contribution in [1.82, 2.24) is 10.3 Å². The van der Waals surface area contributed by atoms with E-state index in [1.165, 1.54) is 5.56 Å². The zero-order valence-electron chi connectivity index (χ0n) is 13.7. The first-order valence-electron chi connectivity index (χ1n) is 7.32. The van der Waals surface area contributed by atoms with E-state index in [-0.39, 0.29) is 12.1 Å². The quantitative estimate of drug-likeness (QED) is 0.840. The summed E-state index contributed by atoms with van der Waals surface area (Å²) in [6, 6.07) is 2.50. The van der Waals surface area contributed by atoms with Crippen molar-refractivity contribution in [3.05, 3.63) is 23.4 Å². The highest BCUT2D eigenvalue weighted by Gasteiger charge is 2.15. The van der Waals surface area contributed by atoms with Crippen LogP contribution in [0.1, 0.15) is 45.7 Å². The lowest BCUT2D eigenvalue weighted by molar-refractivity contribution is 0.298. The van der Waals surface area contributed by atoms with Crippen molar-refractivity contribution in [2.24, 2.45) is 0 Å². The molecule has 2 N–H and O–H groups in total. The SMILES string of the molecule is Cc1cc(CNC(C)(C)C)cnc1N(CCO)C(C)C. The van der Waals surface area contributed by atoms with E-state index >= 15 is 0 Å². The predicted octanol–water partition coefficient (Wildman–Crippen LogP) is 2.49. The standard InChI is InChI=1S/C16H29N3O/c1-12(2)19(7-8-20)15-13(3)9-14(10-17-15)11-18-16(4,5)6/h9-10,12,18,20H,7-8,11H2,1-6H3. The van der Waals surface area contributed by atoms with Crippen LogP contribution in [0.2, 0.25) is 0 Å². The average molecular weight is 279 g/mol. The molecule has 20 heavy (non-hydrogen) atoms. The Balaban J connectivity index is 2.86. The number of pyridine rings is 1. The van der Waals surface area contributed by atoms with Crippen molar-refractivity contribution in [1.29, 1.82) is 0 Å². The van der Waals surface area contributed by atoms with Gasteiger partial charge in [-0.05, 0) is 58.7 Å². The number of aliphatic hydroxyl groups is 1. The fourth-order valence-electron chi connectivity index (χ4n) is 2.11. The summed E-state index contributed by atoms with van der Waals surface area (Å²) in [5.41, 5.74) is 2.45. The summed E-state index contributed by atoms with van der Waals surface area (Å²) in [6.45, 7) is 14.4. The number of aromatic nitrogens is 1. The maximum absolute atomic E-state index is 9.19. The topological polar surface area (TPSA) is 48.4 Å². The van der Waals surface area contributed by atoms with E-state index in [9.17, 15) is 5.11 Å². The van der Waals surface area contributed by atoms with Gasteiger partial charge >= 0.3 is 0 Å². The second-order valence-corrected chi connectivity index (χ2v) is 6.60. The molecule has 0 saturated carbocycles. The molecule has 1 rings (SSSR count). The number of rotatable bonds is 6. The molecule has 0 aromatic carbocycles. The number of aryl methyl sites for hydroxylation is 1. The molecule has 1 aromatic rings. The summed E-state index contributed by atoms with van der Waals surface area (Å²) in [4.78, 5) is 6.73. The average Bonchev–Trinajstić information content (AvgIpc) is 2.33. The molecule has 0 unspecified atom stereocenters. The Morgan fingerprint density at radius 3 is 2.45 bits per heavy atom. The zero-order chi connectivity index (χ0) is 15.3. The first-order chi connectivity index (χ1) is 9.24. The minimum Gasteiger partial charge on any atom is -0.395 e. The minimum absolute atomic E-state index is 0.105. The molecular formula is C16H29N3O. The highest BCUT2D eigenvalue weighted by molar-refractivity contribution is 5.48. The molecule has 0 spiro atoms. The molecule has 0 aliphatic carbocycles. The van der Waals surface area contributed by atoms with Gasteiger partial charge in [-0.3, -0.25) is 0 Å². The summed E-state index contributed by atoms with van der Waals surface area (Å²) in [7, 11) is 0. The lowest BCUT2D eigenvalue weighted by Gasteiger charge is -2.29. The van der Waals surface area contributed by atoms with Gasteiger partial charge in [0.25, 0.3) is 0 Å². The number of anilines is 1. The summed E-state index contributed by atoms with van der Waals surface area (Å²) in [5, 5.41) is 12.7. The Kier molecular flexibility index (Phi) is 5.96. The van der Waals surface area contributed by atoms with Gasteiger partial charge in [-0.1, -0.05) is 0 Å². The van der Waals surface area contributed by atoms with Gasteiger partial charge in [0.2, 0.25) is 0 Å². The third-order valence-corrected chi connectivity index (χ3v) is 3.17. The molecule has 0 bridgehead atoms. The van der Waals surface area contributed by atoms with Crippen molar-refractivity contribution in [2.75, 3.05) is 18.1 Å². The Bertz CT molecular complexity index is 424. The number of aliphatic hydroxyl groups excluding tert-OH is 1. The number of nitrogens with one attached hydrogen (secondary N) is 1. The van der Waals surface area contributed by atoms with E-state index in [1.807, 2.05) is 6.20 Å². The number of nitrogens with zero attached hydrogens (tertiary/aromatic N) is 2. The largest absolute Gasteiger partial charge is 0.395 e. The van der Waals surface area contributed by atoms with Gasteiger partial charge in [-0.2, -0.15) is 0 Å². The van der Waals surface area contributed by atoms with Crippen LogP contribution in [0.25, 0.3) is 0 Å².